The Bertz CT molecular complexity index is 231. The Kier molecular flexibility index (Phi) is 2.59. The lowest BCUT2D eigenvalue weighted by molar-refractivity contribution is -0.162. The highest BCUT2D eigenvalue weighted by atomic mass is 16.5. The van der Waals surface area contributed by atoms with Crippen molar-refractivity contribution in [2.24, 2.45) is 11.3 Å². The van der Waals surface area contributed by atoms with E-state index < -0.39 is 5.41 Å². The first-order valence-electron chi connectivity index (χ1n) is 4.33. The molecule has 1 saturated carbocycles. The Labute approximate surface area is 77.6 Å². The Morgan fingerprint density at radius 2 is 2.00 bits per heavy atom. The third kappa shape index (κ3) is 1.66. The van der Waals surface area contributed by atoms with E-state index in [1.807, 2.05) is 6.92 Å². The molecule has 0 atom stereocenters. The minimum atomic E-state index is -0.439. The fraction of sp³-hybridized carbons (Fsp3) is 0.778. The quantitative estimate of drug-likeness (QED) is 0.630. The van der Waals surface area contributed by atoms with Gasteiger partial charge in [0.2, 0.25) is 5.91 Å². The number of carbonyl (C=O) groups excluding carboxylic acids is 2. The molecule has 1 fully saturated rings. The molecule has 0 radical (unpaired) electrons. The molecule has 0 saturated heterocycles. The monoisotopic (exact) mass is 185 g/mol. The Morgan fingerprint density at radius 3 is 2.38 bits per heavy atom. The summed E-state index contributed by atoms with van der Waals surface area (Å²) in [5.41, 5.74) is -0.439. The van der Waals surface area contributed by atoms with E-state index in [-0.39, 0.29) is 17.8 Å². The van der Waals surface area contributed by atoms with Gasteiger partial charge in [-0.05, 0) is 19.8 Å². The summed E-state index contributed by atoms with van der Waals surface area (Å²) >= 11 is 0. The third-order valence-electron chi connectivity index (χ3n) is 2.69. The van der Waals surface area contributed by atoms with Crippen LogP contribution in [0.1, 0.15) is 19.8 Å². The summed E-state index contributed by atoms with van der Waals surface area (Å²) in [4.78, 5) is 22.3. The molecule has 0 unspecified atom stereocenters. The van der Waals surface area contributed by atoms with E-state index in [4.69, 9.17) is 0 Å². The van der Waals surface area contributed by atoms with Gasteiger partial charge < -0.3 is 10.1 Å². The summed E-state index contributed by atoms with van der Waals surface area (Å²) in [5.74, 6) is -0.219. The van der Waals surface area contributed by atoms with Gasteiger partial charge in [0.1, 0.15) is 0 Å². The number of amides is 1. The van der Waals surface area contributed by atoms with Crippen molar-refractivity contribution in [2.75, 3.05) is 14.2 Å². The summed E-state index contributed by atoms with van der Waals surface area (Å²) in [6.07, 6.45) is 1.19. The molecule has 4 nitrogen and oxygen atoms in total. The van der Waals surface area contributed by atoms with Crippen molar-refractivity contribution in [3.63, 3.8) is 0 Å². The molecule has 1 aliphatic rings. The number of ether oxygens (including phenoxy) is 1. The fourth-order valence-electron chi connectivity index (χ4n) is 1.83. The molecule has 0 aromatic carbocycles. The van der Waals surface area contributed by atoms with Crippen LogP contribution < -0.4 is 5.32 Å². The zero-order chi connectivity index (χ0) is 10.1. The molecule has 1 rings (SSSR count). The van der Waals surface area contributed by atoms with Gasteiger partial charge >= 0.3 is 5.97 Å². The number of hydrogen-bond acceptors (Lipinski definition) is 3. The van der Waals surface area contributed by atoms with Crippen LogP contribution >= 0.6 is 0 Å². The van der Waals surface area contributed by atoms with E-state index in [1.54, 1.807) is 7.05 Å². The molecular weight excluding hydrogens is 170 g/mol. The average Bonchev–Trinajstić information content (AvgIpc) is 2.10. The minimum Gasteiger partial charge on any atom is -0.469 e. The maximum Gasteiger partial charge on any atom is 0.311 e. The van der Waals surface area contributed by atoms with Gasteiger partial charge in [0.15, 0.2) is 0 Å². The lowest BCUT2D eigenvalue weighted by Crippen LogP contribution is -2.47. The van der Waals surface area contributed by atoms with Crippen LogP contribution in [-0.4, -0.2) is 26.0 Å². The van der Waals surface area contributed by atoms with Crippen molar-refractivity contribution in [2.45, 2.75) is 19.8 Å². The molecule has 0 aliphatic heterocycles. The summed E-state index contributed by atoms with van der Waals surface area (Å²) in [6.45, 7) is 1.83. The number of hydrogen-bond donors (Lipinski definition) is 1. The van der Waals surface area contributed by atoms with Gasteiger partial charge in [-0.1, -0.05) is 0 Å². The van der Waals surface area contributed by atoms with Crippen molar-refractivity contribution < 1.29 is 14.3 Å². The van der Waals surface area contributed by atoms with E-state index in [2.05, 4.69) is 10.1 Å². The van der Waals surface area contributed by atoms with Gasteiger partial charge in [-0.15, -0.1) is 0 Å². The summed E-state index contributed by atoms with van der Waals surface area (Å²) in [7, 11) is 2.98. The summed E-state index contributed by atoms with van der Waals surface area (Å²) in [6, 6.07) is 0. The number of esters is 1. The van der Waals surface area contributed by atoms with E-state index in [9.17, 15) is 9.59 Å². The first-order chi connectivity index (χ1) is 6.03. The Morgan fingerprint density at radius 1 is 1.46 bits per heavy atom. The van der Waals surface area contributed by atoms with Crippen molar-refractivity contribution in [3.8, 4) is 0 Å². The van der Waals surface area contributed by atoms with E-state index in [0.717, 1.165) is 0 Å². The van der Waals surface area contributed by atoms with Gasteiger partial charge in [0.25, 0.3) is 0 Å². The van der Waals surface area contributed by atoms with Gasteiger partial charge in [-0.2, -0.15) is 0 Å². The van der Waals surface area contributed by atoms with Gasteiger partial charge in [0.05, 0.1) is 12.5 Å². The molecule has 1 amide bonds. The van der Waals surface area contributed by atoms with Crippen LogP contribution in [0, 0.1) is 11.3 Å². The molecule has 74 valence electrons. The van der Waals surface area contributed by atoms with Crippen LogP contribution in [-0.2, 0) is 14.3 Å². The normalized spacial score (nSPS) is 31.8. The predicted molar refractivity (Wildman–Crippen MR) is 46.9 cm³/mol. The van der Waals surface area contributed by atoms with Crippen LogP contribution in [0.25, 0.3) is 0 Å². The second-order valence-electron chi connectivity index (χ2n) is 3.77. The van der Waals surface area contributed by atoms with Crippen molar-refractivity contribution in [1.29, 1.82) is 0 Å². The molecule has 1 N–H and O–H groups in total. The van der Waals surface area contributed by atoms with Crippen LogP contribution in [0.3, 0.4) is 0 Å². The van der Waals surface area contributed by atoms with Crippen molar-refractivity contribution in [3.05, 3.63) is 0 Å². The summed E-state index contributed by atoms with van der Waals surface area (Å²) in [5, 5.41) is 2.57. The standard InChI is InChI=1S/C9H15NO3/c1-9(8(12)13-3)4-6(5-9)7(11)10-2/h6H,4-5H2,1-3H3,(H,10,11). The third-order valence-corrected chi connectivity index (χ3v) is 2.69. The predicted octanol–water partition coefficient (Wildman–Crippen LogP) is 0.322. The van der Waals surface area contributed by atoms with Crippen LogP contribution in [0.4, 0.5) is 0 Å². The van der Waals surface area contributed by atoms with E-state index in [0.29, 0.717) is 12.8 Å². The van der Waals surface area contributed by atoms with E-state index >= 15 is 0 Å². The van der Waals surface area contributed by atoms with Gasteiger partial charge in [0, 0.05) is 13.0 Å². The van der Waals surface area contributed by atoms with Crippen LogP contribution in [0.15, 0.2) is 0 Å². The maximum absolute atomic E-state index is 11.2. The van der Waals surface area contributed by atoms with E-state index in [1.165, 1.54) is 7.11 Å². The molecule has 0 bridgehead atoms. The van der Waals surface area contributed by atoms with Crippen molar-refractivity contribution >= 4 is 11.9 Å². The molecule has 4 heteroatoms. The van der Waals surface area contributed by atoms with Gasteiger partial charge in [-0.3, -0.25) is 9.59 Å². The highest BCUT2D eigenvalue weighted by molar-refractivity contribution is 5.85. The zero-order valence-electron chi connectivity index (χ0n) is 8.22. The highest BCUT2D eigenvalue weighted by Crippen LogP contribution is 2.46. The van der Waals surface area contributed by atoms with Crippen LogP contribution in [0.2, 0.25) is 0 Å². The molecular formula is C9H15NO3. The average molecular weight is 185 g/mol. The van der Waals surface area contributed by atoms with Crippen LogP contribution in [0.5, 0.6) is 0 Å². The molecule has 0 aromatic heterocycles. The highest BCUT2D eigenvalue weighted by Gasteiger charge is 2.49. The molecule has 0 aromatic rings. The lowest BCUT2D eigenvalue weighted by Gasteiger charge is -2.41. The smallest absolute Gasteiger partial charge is 0.311 e. The molecule has 13 heavy (non-hydrogen) atoms. The minimum absolute atomic E-state index is 0.0152. The van der Waals surface area contributed by atoms with Gasteiger partial charge in [-0.25, -0.2) is 0 Å². The fourth-order valence-corrected chi connectivity index (χ4v) is 1.83. The molecule has 0 heterocycles. The maximum atomic E-state index is 11.2. The Hall–Kier alpha value is -1.06. The topological polar surface area (TPSA) is 55.4 Å². The zero-order valence-corrected chi connectivity index (χ0v) is 8.22. The summed E-state index contributed by atoms with van der Waals surface area (Å²) < 4.78 is 4.65. The second kappa shape index (κ2) is 3.36. The molecule has 1 aliphatic carbocycles. The number of carbonyl (C=O) groups is 2. The van der Waals surface area contributed by atoms with Crippen molar-refractivity contribution in [1.82, 2.24) is 5.32 Å². The first-order valence-corrected chi connectivity index (χ1v) is 4.33. The number of rotatable bonds is 2. The molecule has 0 spiro atoms. The lowest BCUT2D eigenvalue weighted by atomic mass is 9.63. The number of methoxy groups -OCH3 is 1. The second-order valence-corrected chi connectivity index (χ2v) is 3.77. The SMILES string of the molecule is CNC(=O)C1CC(C)(C(=O)OC)C1. The largest absolute Gasteiger partial charge is 0.469 e. The number of nitrogens with one attached hydrogen (secondary N) is 1. The first kappa shape index (κ1) is 10.0. The Balaban J connectivity index is 2.47.